The van der Waals surface area contributed by atoms with Crippen LogP contribution in [0.15, 0.2) is 66.9 Å². The van der Waals surface area contributed by atoms with Crippen LogP contribution in [-0.4, -0.2) is 25.3 Å². The lowest BCUT2D eigenvalue weighted by atomic mass is 9.97. The lowest BCUT2D eigenvalue weighted by Gasteiger charge is -2.10. The molecule has 0 fully saturated rings. The van der Waals surface area contributed by atoms with Crippen LogP contribution in [0.2, 0.25) is 0 Å². The smallest absolute Gasteiger partial charge is 0.387 e. The SMILES string of the molecule is COCCCc1ccc(CCc2ccc3c(F)c(CCc4ccc(OC(F)F)c(F)c4)ccc3c2)nc1. The number of hydrogen-bond donors (Lipinski definition) is 0. The molecule has 4 rings (SSSR count). The average Bonchev–Trinajstić information content (AvgIpc) is 2.89. The minimum absolute atomic E-state index is 0.298. The van der Waals surface area contributed by atoms with Gasteiger partial charge in [-0.1, -0.05) is 42.5 Å². The second-order valence-corrected chi connectivity index (χ2v) is 8.99. The van der Waals surface area contributed by atoms with Gasteiger partial charge in [-0.3, -0.25) is 4.98 Å². The molecule has 1 aromatic heterocycles. The Morgan fingerprint density at radius 3 is 2.27 bits per heavy atom. The third-order valence-electron chi connectivity index (χ3n) is 6.36. The summed E-state index contributed by atoms with van der Waals surface area (Å²) in [4.78, 5) is 4.56. The number of ether oxygens (including phenoxy) is 2. The summed E-state index contributed by atoms with van der Waals surface area (Å²) in [6.45, 7) is -2.35. The Balaban J connectivity index is 1.37. The maximum Gasteiger partial charge on any atom is 0.387 e. The number of nitrogens with zero attached hydrogens (tertiary/aromatic N) is 1. The summed E-state index contributed by atoms with van der Waals surface area (Å²) in [6, 6.07) is 17.4. The molecule has 0 aliphatic rings. The number of rotatable bonds is 12. The maximum atomic E-state index is 15.2. The van der Waals surface area contributed by atoms with Crippen molar-refractivity contribution in [2.75, 3.05) is 13.7 Å². The molecular formula is C30H29F4NO2. The number of aryl methyl sites for hydroxylation is 5. The molecule has 0 atom stereocenters. The van der Waals surface area contributed by atoms with Gasteiger partial charge in [-0.25, -0.2) is 8.78 Å². The van der Waals surface area contributed by atoms with E-state index >= 15 is 4.39 Å². The summed E-state index contributed by atoms with van der Waals surface area (Å²) in [5.41, 5.74) is 4.41. The fourth-order valence-electron chi connectivity index (χ4n) is 4.35. The summed E-state index contributed by atoms with van der Waals surface area (Å²) in [5, 5.41) is 1.35. The van der Waals surface area contributed by atoms with Gasteiger partial charge < -0.3 is 9.47 Å². The molecule has 0 bridgehead atoms. The topological polar surface area (TPSA) is 31.4 Å². The standard InChI is InChI=1S/C30H29F4NO2/c1-36-16-2-3-22-6-13-25(35-19-22)12-5-20-7-14-26-24(17-20)11-10-23(29(26)32)9-4-21-8-15-28(27(31)18-21)37-30(33)34/h6-8,10-11,13-15,17-19,30H,2-5,9,12,16H2,1H3. The number of hydrogen-bond acceptors (Lipinski definition) is 3. The molecule has 37 heavy (non-hydrogen) atoms. The van der Waals surface area contributed by atoms with Crippen molar-refractivity contribution in [1.29, 1.82) is 0 Å². The minimum Gasteiger partial charge on any atom is -0.432 e. The summed E-state index contributed by atoms with van der Waals surface area (Å²) in [5.74, 6) is -1.66. The third-order valence-corrected chi connectivity index (χ3v) is 6.36. The van der Waals surface area contributed by atoms with Crippen LogP contribution in [-0.2, 0) is 36.8 Å². The third kappa shape index (κ3) is 7.29. The predicted molar refractivity (Wildman–Crippen MR) is 136 cm³/mol. The number of fused-ring (bicyclic) bond motifs is 1. The van der Waals surface area contributed by atoms with E-state index in [1.165, 1.54) is 17.7 Å². The first-order chi connectivity index (χ1) is 17.9. The lowest BCUT2D eigenvalue weighted by Crippen LogP contribution is -2.04. The van der Waals surface area contributed by atoms with Crippen LogP contribution in [0.1, 0.15) is 34.4 Å². The normalized spacial score (nSPS) is 11.4. The van der Waals surface area contributed by atoms with Gasteiger partial charge in [0.05, 0.1) is 0 Å². The first kappa shape index (κ1) is 26.6. The molecule has 194 valence electrons. The van der Waals surface area contributed by atoms with E-state index < -0.39 is 18.2 Å². The number of alkyl halides is 2. The molecule has 0 spiro atoms. The Morgan fingerprint density at radius 1 is 0.784 bits per heavy atom. The molecule has 0 saturated heterocycles. The van der Waals surface area contributed by atoms with E-state index in [1.54, 1.807) is 19.2 Å². The van der Waals surface area contributed by atoms with Crippen LogP contribution >= 0.6 is 0 Å². The van der Waals surface area contributed by atoms with Gasteiger partial charge in [0.2, 0.25) is 0 Å². The zero-order chi connectivity index (χ0) is 26.2. The van der Waals surface area contributed by atoms with Gasteiger partial charge in [0, 0.05) is 31.0 Å². The summed E-state index contributed by atoms with van der Waals surface area (Å²) < 4.78 is 63.0. The Labute approximate surface area is 214 Å². The van der Waals surface area contributed by atoms with Gasteiger partial charge in [0.1, 0.15) is 5.82 Å². The molecule has 7 heteroatoms. The highest BCUT2D eigenvalue weighted by Crippen LogP contribution is 2.25. The van der Waals surface area contributed by atoms with E-state index in [4.69, 9.17) is 4.74 Å². The number of halogens is 4. The predicted octanol–water partition coefficient (Wildman–Crippen LogP) is 7.26. The Hall–Kier alpha value is -3.45. The molecule has 0 amide bonds. The monoisotopic (exact) mass is 511 g/mol. The van der Waals surface area contributed by atoms with Crippen LogP contribution in [0.25, 0.3) is 10.8 Å². The van der Waals surface area contributed by atoms with Crippen LogP contribution < -0.4 is 4.74 Å². The molecule has 3 nitrogen and oxygen atoms in total. The van der Waals surface area contributed by atoms with E-state index in [0.29, 0.717) is 29.4 Å². The quantitative estimate of drug-likeness (QED) is 0.148. The van der Waals surface area contributed by atoms with E-state index in [-0.39, 0.29) is 5.82 Å². The van der Waals surface area contributed by atoms with E-state index in [9.17, 15) is 13.2 Å². The minimum atomic E-state index is -3.09. The molecule has 0 unspecified atom stereocenters. The number of pyridine rings is 1. The molecule has 0 aliphatic carbocycles. The molecular weight excluding hydrogens is 482 g/mol. The van der Waals surface area contributed by atoms with Crippen LogP contribution in [0.3, 0.4) is 0 Å². The van der Waals surface area contributed by atoms with Crippen molar-refractivity contribution in [3.05, 3.63) is 106 Å². The number of methoxy groups -OCH3 is 1. The molecule has 0 N–H and O–H groups in total. The first-order valence-electron chi connectivity index (χ1n) is 12.3. The highest BCUT2D eigenvalue weighted by molar-refractivity contribution is 5.84. The van der Waals surface area contributed by atoms with Crippen molar-refractivity contribution in [3.8, 4) is 5.75 Å². The van der Waals surface area contributed by atoms with Gasteiger partial charge >= 0.3 is 6.61 Å². The molecule has 3 aromatic carbocycles. The van der Waals surface area contributed by atoms with E-state index in [2.05, 4.69) is 21.9 Å². The molecule has 4 aromatic rings. The summed E-state index contributed by atoms with van der Waals surface area (Å²) in [6.07, 6.45) is 6.14. The lowest BCUT2D eigenvalue weighted by molar-refractivity contribution is -0.0522. The Morgan fingerprint density at radius 2 is 1.54 bits per heavy atom. The van der Waals surface area contributed by atoms with Crippen molar-refractivity contribution < 1.29 is 27.0 Å². The van der Waals surface area contributed by atoms with Crippen molar-refractivity contribution >= 4 is 10.8 Å². The van der Waals surface area contributed by atoms with Gasteiger partial charge in [-0.05, 0) is 84.4 Å². The first-order valence-corrected chi connectivity index (χ1v) is 12.3. The highest BCUT2D eigenvalue weighted by Gasteiger charge is 2.12. The zero-order valence-electron chi connectivity index (χ0n) is 20.7. The fourth-order valence-corrected chi connectivity index (χ4v) is 4.35. The largest absolute Gasteiger partial charge is 0.432 e. The average molecular weight is 512 g/mol. The number of aromatic nitrogens is 1. The Kier molecular flexibility index (Phi) is 9.12. The summed E-state index contributed by atoms with van der Waals surface area (Å²) in [7, 11) is 1.70. The Bertz CT molecular complexity index is 1330. The number of benzene rings is 3. The van der Waals surface area contributed by atoms with Crippen molar-refractivity contribution in [2.45, 2.75) is 45.1 Å². The second-order valence-electron chi connectivity index (χ2n) is 8.99. The van der Waals surface area contributed by atoms with Gasteiger partial charge in [-0.2, -0.15) is 8.78 Å². The van der Waals surface area contributed by atoms with Gasteiger partial charge in [0.15, 0.2) is 11.6 Å². The molecule has 0 radical (unpaired) electrons. The van der Waals surface area contributed by atoms with E-state index in [0.717, 1.165) is 55.0 Å². The molecule has 0 saturated carbocycles. The van der Waals surface area contributed by atoms with E-state index in [1.807, 2.05) is 24.4 Å². The zero-order valence-corrected chi connectivity index (χ0v) is 20.7. The van der Waals surface area contributed by atoms with Crippen LogP contribution in [0.4, 0.5) is 17.6 Å². The van der Waals surface area contributed by atoms with Crippen molar-refractivity contribution in [1.82, 2.24) is 4.98 Å². The molecule has 1 heterocycles. The summed E-state index contributed by atoms with van der Waals surface area (Å²) >= 11 is 0. The van der Waals surface area contributed by atoms with Crippen LogP contribution in [0.5, 0.6) is 5.75 Å². The van der Waals surface area contributed by atoms with Gasteiger partial charge in [-0.15, -0.1) is 0 Å². The molecule has 0 aliphatic heterocycles. The van der Waals surface area contributed by atoms with Crippen LogP contribution in [0, 0.1) is 11.6 Å². The van der Waals surface area contributed by atoms with Crippen molar-refractivity contribution in [2.24, 2.45) is 0 Å². The maximum absolute atomic E-state index is 15.2. The van der Waals surface area contributed by atoms with Gasteiger partial charge in [0.25, 0.3) is 0 Å². The fraction of sp³-hybridized carbons (Fsp3) is 0.300. The highest BCUT2D eigenvalue weighted by atomic mass is 19.3. The van der Waals surface area contributed by atoms with Crippen molar-refractivity contribution in [3.63, 3.8) is 0 Å². The second kappa shape index (κ2) is 12.7.